The molecular weight excluding hydrogens is 394 g/mol. The summed E-state index contributed by atoms with van der Waals surface area (Å²) in [6.07, 6.45) is -7.62. The molecule has 0 saturated heterocycles. The van der Waals surface area contributed by atoms with E-state index in [9.17, 15) is 35.1 Å². The van der Waals surface area contributed by atoms with E-state index in [2.05, 4.69) is 0 Å². The molecule has 0 heterocycles. The Morgan fingerprint density at radius 2 is 1.57 bits per heavy atom. The van der Waals surface area contributed by atoms with Crippen LogP contribution >= 0.6 is 0 Å². The number of anilines is 1. The predicted octanol–water partition coefficient (Wildman–Crippen LogP) is 7.41. The van der Waals surface area contributed by atoms with Crippen molar-refractivity contribution in [2.45, 2.75) is 76.7 Å². The molecule has 1 aromatic carbocycles. The second kappa shape index (κ2) is 10.9. The van der Waals surface area contributed by atoms with Crippen molar-refractivity contribution >= 4 is 5.69 Å². The van der Waals surface area contributed by atoms with Crippen LogP contribution in [0.1, 0.15) is 58.3 Å². The van der Waals surface area contributed by atoms with Crippen molar-refractivity contribution in [2.24, 2.45) is 0 Å². The Kier molecular flexibility index (Phi) is 9.50. The maximum absolute atomic E-state index is 14.6. The second-order valence-corrected chi connectivity index (χ2v) is 6.70. The molecule has 1 aromatic rings. The SMILES string of the molecule is CCCCN(c1cccc(F)c1F)C(F)(F)C(F)CCCCCCC(F)(F)F. The molecule has 162 valence electrons. The molecule has 1 unspecified atom stereocenters. The molecule has 0 fully saturated rings. The highest BCUT2D eigenvalue weighted by molar-refractivity contribution is 5.49. The van der Waals surface area contributed by atoms with Crippen LogP contribution in [0.5, 0.6) is 0 Å². The average Bonchev–Trinajstić information content (AvgIpc) is 2.60. The minimum absolute atomic E-state index is 0.0259. The van der Waals surface area contributed by atoms with E-state index in [1.165, 1.54) is 0 Å². The van der Waals surface area contributed by atoms with Gasteiger partial charge in [-0.3, -0.25) is 0 Å². The van der Waals surface area contributed by atoms with Gasteiger partial charge in [-0.05, 0) is 31.4 Å². The number of unbranched alkanes of at least 4 members (excludes halogenated alkanes) is 4. The number of rotatable bonds is 12. The lowest BCUT2D eigenvalue weighted by Crippen LogP contribution is -2.49. The second-order valence-electron chi connectivity index (χ2n) is 6.70. The van der Waals surface area contributed by atoms with Crippen molar-refractivity contribution in [1.29, 1.82) is 0 Å². The molecule has 0 bridgehead atoms. The standard InChI is InChI=1S/C19H25F8N/c1-2-3-13-28(15-10-8-9-14(20)17(15)22)19(26,27)16(21)11-6-4-5-7-12-18(23,24)25/h8-10,16H,2-7,11-13H2,1H3. The Morgan fingerprint density at radius 3 is 2.18 bits per heavy atom. The molecule has 1 nitrogen and oxygen atoms in total. The Bertz CT molecular complexity index is 588. The first kappa shape index (κ1) is 24.5. The van der Waals surface area contributed by atoms with Gasteiger partial charge in [0.15, 0.2) is 17.8 Å². The number of alkyl halides is 6. The predicted molar refractivity (Wildman–Crippen MR) is 92.2 cm³/mol. The third-order valence-corrected chi connectivity index (χ3v) is 4.36. The van der Waals surface area contributed by atoms with Crippen LogP contribution in [0.15, 0.2) is 18.2 Å². The molecule has 9 heteroatoms. The number of halogens is 8. The summed E-state index contributed by atoms with van der Waals surface area (Å²) in [6.45, 7) is 1.35. The lowest BCUT2D eigenvalue weighted by atomic mass is 10.1. The summed E-state index contributed by atoms with van der Waals surface area (Å²) < 4.78 is 107. The highest BCUT2D eigenvalue weighted by Crippen LogP contribution is 2.36. The maximum atomic E-state index is 14.6. The highest BCUT2D eigenvalue weighted by Gasteiger charge is 2.46. The molecule has 0 N–H and O–H groups in total. The van der Waals surface area contributed by atoms with Crippen molar-refractivity contribution in [3.8, 4) is 0 Å². The van der Waals surface area contributed by atoms with Gasteiger partial charge in [-0.1, -0.05) is 38.7 Å². The monoisotopic (exact) mass is 419 g/mol. The summed E-state index contributed by atoms with van der Waals surface area (Å²) in [5, 5.41) is 0. The van der Waals surface area contributed by atoms with Crippen molar-refractivity contribution in [1.82, 2.24) is 0 Å². The smallest absolute Gasteiger partial charge is 0.308 e. The topological polar surface area (TPSA) is 3.24 Å². The maximum Gasteiger partial charge on any atom is 0.389 e. The van der Waals surface area contributed by atoms with Gasteiger partial charge in [0.25, 0.3) is 0 Å². The van der Waals surface area contributed by atoms with E-state index in [1.807, 2.05) is 0 Å². The third-order valence-electron chi connectivity index (χ3n) is 4.36. The summed E-state index contributed by atoms with van der Waals surface area (Å²) >= 11 is 0. The van der Waals surface area contributed by atoms with Gasteiger partial charge in [-0.2, -0.15) is 22.0 Å². The van der Waals surface area contributed by atoms with Crippen LogP contribution in [-0.4, -0.2) is 24.9 Å². The van der Waals surface area contributed by atoms with E-state index in [-0.39, 0.29) is 43.5 Å². The van der Waals surface area contributed by atoms with Gasteiger partial charge in [-0.25, -0.2) is 13.2 Å². The van der Waals surface area contributed by atoms with Crippen molar-refractivity contribution in [3.05, 3.63) is 29.8 Å². The molecular formula is C19H25F8N. The first-order valence-corrected chi connectivity index (χ1v) is 9.31. The van der Waals surface area contributed by atoms with Gasteiger partial charge in [0, 0.05) is 13.0 Å². The molecule has 28 heavy (non-hydrogen) atoms. The largest absolute Gasteiger partial charge is 0.389 e. The van der Waals surface area contributed by atoms with E-state index >= 15 is 0 Å². The van der Waals surface area contributed by atoms with E-state index in [4.69, 9.17) is 0 Å². The van der Waals surface area contributed by atoms with Crippen molar-refractivity contribution in [2.75, 3.05) is 11.4 Å². The van der Waals surface area contributed by atoms with E-state index in [1.54, 1.807) is 6.92 Å². The lowest BCUT2D eigenvalue weighted by molar-refractivity contribution is -0.135. The molecule has 0 aromatic heterocycles. The Morgan fingerprint density at radius 1 is 0.929 bits per heavy atom. The molecule has 0 aliphatic carbocycles. The van der Waals surface area contributed by atoms with Crippen LogP contribution in [0.3, 0.4) is 0 Å². The molecule has 1 rings (SSSR count). The van der Waals surface area contributed by atoms with Crippen molar-refractivity contribution in [3.63, 3.8) is 0 Å². The summed E-state index contributed by atoms with van der Waals surface area (Å²) in [5.41, 5.74) is -0.716. The Hall–Kier alpha value is -1.54. The fourth-order valence-corrected chi connectivity index (χ4v) is 2.79. The van der Waals surface area contributed by atoms with Crippen LogP contribution in [0.2, 0.25) is 0 Å². The first-order chi connectivity index (χ1) is 13.0. The van der Waals surface area contributed by atoms with Crippen LogP contribution in [0.4, 0.5) is 40.8 Å². The number of nitrogens with zero attached hydrogens (tertiary/aromatic N) is 1. The fourth-order valence-electron chi connectivity index (χ4n) is 2.79. The van der Waals surface area contributed by atoms with E-state index < -0.39 is 48.6 Å². The van der Waals surface area contributed by atoms with Crippen LogP contribution < -0.4 is 4.90 Å². The number of hydrogen-bond acceptors (Lipinski definition) is 1. The molecule has 0 aliphatic heterocycles. The molecule has 0 amide bonds. The summed E-state index contributed by atoms with van der Waals surface area (Å²) in [5.74, 6) is -2.78. The third kappa shape index (κ3) is 7.47. The van der Waals surface area contributed by atoms with Gasteiger partial charge >= 0.3 is 12.2 Å². The van der Waals surface area contributed by atoms with E-state index in [0.29, 0.717) is 6.42 Å². The zero-order chi connectivity index (χ0) is 21.4. The zero-order valence-corrected chi connectivity index (χ0v) is 15.6. The van der Waals surface area contributed by atoms with Gasteiger partial charge < -0.3 is 4.90 Å². The molecule has 0 aliphatic rings. The van der Waals surface area contributed by atoms with Gasteiger partial charge in [0.05, 0.1) is 5.69 Å². The Labute approximate surface area is 159 Å². The minimum Gasteiger partial charge on any atom is -0.308 e. The average molecular weight is 419 g/mol. The highest BCUT2D eigenvalue weighted by atomic mass is 19.4. The molecule has 0 saturated carbocycles. The summed E-state index contributed by atoms with van der Waals surface area (Å²) in [7, 11) is 0. The van der Waals surface area contributed by atoms with Gasteiger partial charge in [0.1, 0.15) is 0 Å². The van der Waals surface area contributed by atoms with E-state index in [0.717, 1.165) is 18.2 Å². The van der Waals surface area contributed by atoms with Crippen molar-refractivity contribution < 1.29 is 35.1 Å². The minimum atomic E-state index is -4.27. The summed E-state index contributed by atoms with van der Waals surface area (Å²) in [4.78, 5) is 0.239. The zero-order valence-electron chi connectivity index (χ0n) is 15.6. The lowest BCUT2D eigenvalue weighted by Gasteiger charge is -2.35. The normalized spacial score (nSPS) is 13.6. The number of benzene rings is 1. The summed E-state index contributed by atoms with van der Waals surface area (Å²) in [6, 6.07) is -1.26. The van der Waals surface area contributed by atoms with Crippen LogP contribution in [0, 0.1) is 11.6 Å². The van der Waals surface area contributed by atoms with Gasteiger partial charge in [-0.15, -0.1) is 0 Å². The molecule has 0 spiro atoms. The number of hydrogen-bond donors (Lipinski definition) is 0. The van der Waals surface area contributed by atoms with Crippen LogP contribution in [-0.2, 0) is 0 Å². The fraction of sp³-hybridized carbons (Fsp3) is 0.684. The molecule has 0 radical (unpaired) electrons. The first-order valence-electron chi connectivity index (χ1n) is 9.31. The quantitative estimate of drug-likeness (QED) is 0.194. The Balaban J connectivity index is 2.73. The van der Waals surface area contributed by atoms with Gasteiger partial charge in [0.2, 0.25) is 0 Å². The van der Waals surface area contributed by atoms with Crippen LogP contribution in [0.25, 0.3) is 0 Å². The molecule has 1 atom stereocenters.